The summed E-state index contributed by atoms with van der Waals surface area (Å²) in [5.41, 5.74) is 3.06. The Labute approximate surface area is 88.5 Å². The summed E-state index contributed by atoms with van der Waals surface area (Å²) in [5, 5.41) is 2.29. The molecule has 1 fully saturated rings. The van der Waals surface area contributed by atoms with Crippen LogP contribution in [0.4, 0.5) is 0 Å². The van der Waals surface area contributed by atoms with Crippen LogP contribution in [0.25, 0.3) is 0 Å². The number of aryl methyl sites for hydroxylation is 1. The molecule has 1 aromatic rings. The van der Waals surface area contributed by atoms with Crippen molar-refractivity contribution >= 4 is 11.3 Å². The normalized spacial score (nSPS) is 26.2. The minimum absolute atomic E-state index is 0.537. The molecule has 0 saturated carbocycles. The van der Waals surface area contributed by atoms with Crippen molar-refractivity contribution in [3.63, 3.8) is 0 Å². The van der Waals surface area contributed by atoms with Crippen LogP contribution in [-0.2, 0) is 17.7 Å². The Bertz CT molecular complexity index is 343. The molecule has 0 bridgehead atoms. The van der Waals surface area contributed by atoms with Crippen molar-refractivity contribution in [2.24, 2.45) is 0 Å². The van der Waals surface area contributed by atoms with Crippen molar-refractivity contribution < 1.29 is 4.74 Å². The van der Waals surface area contributed by atoms with Crippen LogP contribution in [0.2, 0.25) is 0 Å². The summed E-state index contributed by atoms with van der Waals surface area (Å²) >= 11 is 1.93. The van der Waals surface area contributed by atoms with Gasteiger partial charge in [0.1, 0.15) is 0 Å². The average Bonchev–Trinajstić information content (AvgIpc) is 2.92. The molecule has 1 aromatic heterocycles. The number of epoxide rings is 1. The van der Waals surface area contributed by atoms with Crippen LogP contribution in [0.3, 0.4) is 0 Å². The molecule has 0 aromatic carbocycles. The van der Waals surface area contributed by atoms with Gasteiger partial charge >= 0.3 is 0 Å². The summed E-state index contributed by atoms with van der Waals surface area (Å²) in [7, 11) is 0. The molecule has 2 nitrogen and oxygen atoms in total. The van der Waals surface area contributed by atoms with E-state index in [1.165, 1.54) is 18.5 Å². The molecule has 0 radical (unpaired) electrons. The number of ether oxygens (including phenoxy) is 1. The van der Waals surface area contributed by atoms with Gasteiger partial charge in [-0.2, -0.15) is 0 Å². The largest absolute Gasteiger partial charge is 0.372 e. The molecular formula is C11H15NOS. The van der Waals surface area contributed by atoms with Gasteiger partial charge in [0.15, 0.2) is 0 Å². The van der Waals surface area contributed by atoms with Gasteiger partial charge in [-0.3, -0.25) is 4.90 Å². The third kappa shape index (κ3) is 1.60. The maximum absolute atomic E-state index is 5.27. The van der Waals surface area contributed by atoms with Crippen LogP contribution in [-0.4, -0.2) is 30.7 Å². The van der Waals surface area contributed by atoms with E-state index in [2.05, 4.69) is 17.2 Å². The van der Waals surface area contributed by atoms with E-state index >= 15 is 0 Å². The minimum atomic E-state index is 0.537. The van der Waals surface area contributed by atoms with E-state index in [0.29, 0.717) is 6.10 Å². The quantitative estimate of drug-likeness (QED) is 0.690. The lowest BCUT2D eigenvalue weighted by atomic mass is 10.1. The molecule has 1 atom stereocenters. The number of fused-ring (bicyclic) bond motifs is 1. The van der Waals surface area contributed by atoms with Gasteiger partial charge in [0, 0.05) is 24.5 Å². The van der Waals surface area contributed by atoms with Crippen LogP contribution in [0.15, 0.2) is 5.38 Å². The summed E-state index contributed by atoms with van der Waals surface area (Å²) in [4.78, 5) is 4.13. The molecule has 0 amide bonds. The Morgan fingerprint density at radius 2 is 2.50 bits per heavy atom. The van der Waals surface area contributed by atoms with Crippen LogP contribution < -0.4 is 0 Å². The highest BCUT2D eigenvalue weighted by atomic mass is 32.1. The predicted octanol–water partition coefficient (Wildman–Crippen LogP) is 1.81. The zero-order valence-electron chi connectivity index (χ0n) is 8.45. The van der Waals surface area contributed by atoms with E-state index in [1.807, 2.05) is 11.3 Å². The Morgan fingerprint density at radius 1 is 1.64 bits per heavy atom. The molecule has 1 saturated heterocycles. The zero-order chi connectivity index (χ0) is 9.54. The van der Waals surface area contributed by atoms with Crippen molar-refractivity contribution in [3.8, 4) is 0 Å². The third-order valence-corrected chi connectivity index (χ3v) is 4.30. The zero-order valence-corrected chi connectivity index (χ0v) is 9.27. The van der Waals surface area contributed by atoms with Gasteiger partial charge in [0.2, 0.25) is 0 Å². The summed E-state index contributed by atoms with van der Waals surface area (Å²) < 4.78 is 5.27. The molecule has 1 unspecified atom stereocenters. The Hall–Kier alpha value is -0.380. The van der Waals surface area contributed by atoms with Crippen LogP contribution in [0, 0.1) is 6.92 Å². The van der Waals surface area contributed by atoms with Crippen molar-refractivity contribution in [1.82, 2.24) is 4.90 Å². The fourth-order valence-electron chi connectivity index (χ4n) is 2.12. The first-order valence-electron chi connectivity index (χ1n) is 5.23. The fraction of sp³-hybridized carbons (Fsp3) is 0.636. The molecular weight excluding hydrogens is 194 g/mol. The van der Waals surface area contributed by atoms with E-state index < -0.39 is 0 Å². The van der Waals surface area contributed by atoms with Gasteiger partial charge in [0.25, 0.3) is 0 Å². The smallest absolute Gasteiger partial charge is 0.0936 e. The maximum atomic E-state index is 5.27. The Kier molecular flexibility index (Phi) is 2.11. The highest BCUT2D eigenvalue weighted by Crippen LogP contribution is 2.28. The second-order valence-electron chi connectivity index (χ2n) is 4.26. The Balaban J connectivity index is 1.74. The van der Waals surface area contributed by atoms with E-state index in [0.717, 1.165) is 19.7 Å². The molecule has 2 aliphatic heterocycles. The first kappa shape index (κ1) is 8.89. The lowest BCUT2D eigenvalue weighted by molar-refractivity contribution is 0.227. The monoisotopic (exact) mass is 209 g/mol. The standard InChI is InChI=1S/C11H15NOS/c1-8-7-14-11-2-3-12(5-10(8)11)4-9-6-13-9/h7,9H,2-6H2,1H3. The topological polar surface area (TPSA) is 15.8 Å². The highest BCUT2D eigenvalue weighted by molar-refractivity contribution is 7.10. The van der Waals surface area contributed by atoms with Gasteiger partial charge < -0.3 is 4.74 Å². The van der Waals surface area contributed by atoms with E-state index in [-0.39, 0.29) is 0 Å². The van der Waals surface area contributed by atoms with E-state index in [9.17, 15) is 0 Å². The average molecular weight is 209 g/mol. The van der Waals surface area contributed by atoms with Gasteiger partial charge in [0.05, 0.1) is 12.7 Å². The highest BCUT2D eigenvalue weighted by Gasteiger charge is 2.28. The third-order valence-electron chi connectivity index (χ3n) is 3.09. The van der Waals surface area contributed by atoms with Gasteiger partial charge in [-0.1, -0.05) is 0 Å². The number of rotatable bonds is 2. The van der Waals surface area contributed by atoms with Crippen molar-refractivity contribution in [2.45, 2.75) is 26.0 Å². The number of nitrogens with zero attached hydrogens (tertiary/aromatic N) is 1. The van der Waals surface area contributed by atoms with Crippen molar-refractivity contribution in [3.05, 3.63) is 21.4 Å². The predicted molar refractivity (Wildman–Crippen MR) is 57.8 cm³/mol. The van der Waals surface area contributed by atoms with Gasteiger partial charge in [-0.15, -0.1) is 11.3 Å². The first-order chi connectivity index (χ1) is 6.83. The van der Waals surface area contributed by atoms with Crippen LogP contribution in [0.5, 0.6) is 0 Å². The molecule has 3 heteroatoms. The second-order valence-corrected chi connectivity index (χ2v) is 5.23. The lowest BCUT2D eigenvalue weighted by Gasteiger charge is -2.26. The fourth-order valence-corrected chi connectivity index (χ4v) is 3.16. The van der Waals surface area contributed by atoms with Crippen LogP contribution in [0.1, 0.15) is 16.0 Å². The SMILES string of the molecule is Cc1csc2c1CN(CC1CO1)CC2. The number of thiophene rings is 1. The molecule has 14 heavy (non-hydrogen) atoms. The molecule has 0 N–H and O–H groups in total. The molecule has 76 valence electrons. The minimum Gasteiger partial charge on any atom is -0.372 e. The summed E-state index contributed by atoms with van der Waals surface area (Å²) in [6.45, 7) is 6.70. The molecule has 0 aliphatic carbocycles. The summed E-state index contributed by atoms with van der Waals surface area (Å²) in [6.07, 6.45) is 1.77. The van der Waals surface area contributed by atoms with E-state index in [1.54, 1.807) is 10.4 Å². The lowest BCUT2D eigenvalue weighted by Crippen LogP contribution is -2.33. The number of hydrogen-bond donors (Lipinski definition) is 0. The summed E-state index contributed by atoms with van der Waals surface area (Å²) in [6, 6.07) is 0. The summed E-state index contributed by atoms with van der Waals surface area (Å²) in [5.74, 6) is 0. The Morgan fingerprint density at radius 3 is 3.29 bits per heavy atom. The molecule has 3 heterocycles. The number of hydrogen-bond acceptors (Lipinski definition) is 3. The van der Waals surface area contributed by atoms with Crippen molar-refractivity contribution in [2.75, 3.05) is 19.7 Å². The van der Waals surface area contributed by atoms with Crippen LogP contribution >= 0.6 is 11.3 Å². The van der Waals surface area contributed by atoms with Gasteiger partial charge in [-0.05, 0) is 29.9 Å². The molecule has 2 aliphatic rings. The van der Waals surface area contributed by atoms with Crippen molar-refractivity contribution in [1.29, 1.82) is 0 Å². The first-order valence-corrected chi connectivity index (χ1v) is 6.10. The second kappa shape index (κ2) is 3.33. The van der Waals surface area contributed by atoms with Gasteiger partial charge in [-0.25, -0.2) is 0 Å². The maximum Gasteiger partial charge on any atom is 0.0936 e. The van der Waals surface area contributed by atoms with E-state index in [4.69, 9.17) is 4.74 Å². The molecule has 0 spiro atoms. The molecule has 3 rings (SSSR count).